The Morgan fingerprint density at radius 3 is 2.56 bits per heavy atom. The standard InChI is InChI=1S/C25H17ClFNO4/c26-16-6-8-17(9-7-16)28-22(18-3-1-2-4-19(18)27)21(24(30)25(28)31)23(29)15-5-10-20-14(13-15)11-12-32-20/h1-10,13,22,29H,11-12H2/b23-21+. The molecular weight excluding hydrogens is 433 g/mol. The van der Waals surface area contributed by atoms with Crippen molar-refractivity contribution in [2.75, 3.05) is 11.5 Å². The van der Waals surface area contributed by atoms with Crippen molar-refractivity contribution < 1.29 is 23.8 Å². The monoisotopic (exact) mass is 449 g/mol. The van der Waals surface area contributed by atoms with Gasteiger partial charge in [0, 0.05) is 28.3 Å². The zero-order chi connectivity index (χ0) is 22.4. The van der Waals surface area contributed by atoms with E-state index in [1.807, 2.05) is 0 Å². The first-order valence-electron chi connectivity index (χ1n) is 10.0. The van der Waals surface area contributed by atoms with Crippen LogP contribution in [0.3, 0.4) is 0 Å². The number of fused-ring (bicyclic) bond motifs is 1. The fraction of sp³-hybridized carbons (Fsp3) is 0.120. The summed E-state index contributed by atoms with van der Waals surface area (Å²) in [5, 5.41) is 11.6. The molecule has 1 atom stereocenters. The van der Waals surface area contributed by atoms with Gasteiger partial charge in [0.05, 0.1) is 18.2 Å². The fourth-order valence-corrected chi connectivity index (χ4v) is 4.31. The molecule has 1 fully saturated rings. The van der Waals surface area contributed by atoms with Crippen LogP contribution in [0.15, 0.2) is 72.3 Å². The number of hydrogen-bond donors (Lipinski definition) is 1. The first-order chi connectivity index (χ1) is 15.5. The molecule has 1 amide bonds. The van der Waals surface area contributed by atoms with Crippen LogP contribution in [0.4, 0.5) is 10.1 Å². The van der Waals surface area contributed by atoms with Crippen LogP contribution in [0, 0.1) is 5.82 Å². The van der Waals surface area contributed by atoms with Crippen molar-refractivity contribution in [3.8, 4) is 5.75 Å². The van der Waals surface area contributed by atoms with Gasteiger partial charge in [0.25, 0.3) is 11.7 Å². The molecule has 2 heterocycles. The molecule has 0 bridgehead atoms. The molecule has 160 valence electrons. The second-order valence-corrected chi connectivity index (χ2v) is 8.02. The molecule has 7 heteroatoms. The van der Waals surface area contributed by atoms with Crippen molar-refractivity contribution in [2.45, 2.75) is 12.5 Å². The third kappa shape index (κ3) is 3.24. The number of nitrogens with zero attached hydrogens (tertiary/aromatic N) is 1. The van der Waals surface area contributed by atoms with Gasteiger partial charge in [-0.25, -0.2) is 4.39 Å². The Balaban J connectivity index is 1.72. The lowest BCUT2D eigenvalue weighted by molar-refractivity contribution is -0.132. The van der Waals surface area contributed by atoms with E-state index in [1.54, 1.807) is 48.5 Å². The summed E-state index contributed by atoms with van der Waals surface area (Å²) in [4.78, 5) is 27.4. The summed E-state index contributed by atoms with van der Waals surface area (Å²) in [7, 11) is 0. The Bertz CT molecular complexity index is 1290. The highest BCUT2D eigenvalue weighted by atomic mass is 35.5. The van der Waals surface area contributed by atoms with E-state index in [9.17, 15) is 19.1 Å². The van der Waals surface area contributed by atoms with Gasteiger partial charge in [0.2, 0.25) is 0 Å². The summed E-state index contributed by atoms with van der Waals surface area (Å²) < 4.78 is 20.4. The SMILES string of the molecule is O=C1C(=O)N(c2ccc(Cl)cc2)C(c2ccccc2F)/C1=C(\O)c1ccc2c(c1)CCO2. The van der Waals surface area contributed by atoms with Gasteiger partial charge in [0.1, 0.15) is 17.3 Å². The number of aliphatic hydroxyl groups excluding tert-OH is 1. The van der Waals surface area contributed by atoms with Gasteiger partial charge in [-0.3, -0.25) is 14.5 Å². The number of hydrogen-bond acceptors (Lipinski definition) is 4. The summed E-state index contributed by atoms with van der Waals surface area (Å²) >= 11 is 5.98. The van der Waals surface area contributed by atoms with Gasteiger partial charge in [0.15, 0.2) is 0 Å². The number of benzene rings is 3. The Hall–Kier alpha value is -3.64. The third-order valence-electron chi connectivity index (χ3n) is 5.71. The van der Waals surface area contributed by atoms with Crippen LogP contribution in [-0.4, -0.2) is 23.4 Å². The molecule has 0 aromatic heterocycles. The summed E-state index contributed by atoms with van der Waals surface area (Å²) in [5.41, 5.74) is 1.56. The highest BCUT2D eigenvalue weighted by Gasteiger charge is 2.47. The first kappa shape index (κ1) is 20.3. The van der Waals surface area contributed by atoms with E-state index in [0.717, 1.165) is 5.56 Å². The molecule has 1 N–H and O–H groups in total. The van der Waals surface area contributed by atoms with Crippen LogP contribution in [0.25, 0.3) is 5.76 Å². The summed E-state index contributed by atoms with van der Waals surface area (Å²) in [6.45, 7) is 0.537. The average Bonchev–Trinajstić information content (AvgIpc) is 3.36. The van der Waals surface area contributed by atoms with Gasteiger partial charge in [-0.05, 0) is 54.1 Å². The van der Waals surface area contributed by atoms with Gasteiger partial charge < -0.3 is 9.84 Å². The Labute approximate surface area is 188 Å². The lowest BCUT2D eigenvalue weighted by Crippen LogP contribution is -2.29. The normalized spacial score (nSPS) is 19.2. The maximum absolute atomic E-state index is 14.9. The molecule has 3 aromatic rings. The first-order valence-corrected chi connectivity index (χ1v) is 10.4. The van der Waals surface area contributed by atoms with E-state index in [4.69, 9.17) is 16.3 Å². The molecule has 1 saturated heterocycles. The van der Waals surface area contributed by atoms with Gasteiger partial charge in [-0.15, -0.1) is 0 Å². The minimum Gasteiger partial charge on any atom is -0.507 e. The second kappa shape index (κ2) is 7.80. The predicted octanol–water partition coefficient (Wildman–Crippen LogP) is 5.04. The molecule has 2 aliphatic rings. The van der Waals surface area contributed by atoms with Crippen molar-refractivity contribution in [3.05, 3.63) is 99.8 Å². The Morgan fingerprint density at radius 2 is 1.81 bits per heavy atom. The molecule has 0 saturated carbocycles. The number of ketones is 1. The van der Waals surface area contributed by atoms with E-state index in [-0.39, 0.29) is 16.9 Å². The molecule has 0 spiro atoms. The summed E-state index contributed by atoms with van der Waals surface area (Å²) in [6.07, 6.45) is 0.673. The second-order valence-electron chi connectivity index (χ2n) is 7.59. The lowest BCUT2D eigenvalue weighted by Gasteiger charge is -2.25. The average molecular weight is 450 g/mol. The summed E-state index contributed by atoms with van der Waals surface area (Å²) in [6, 6.07) is 16.1. The zero-order valence-electron chi connectivity index (χ0n) is 16.7. The molecule has 2 aliphatic heterocycles. The lowest BCUT2D eigenvalue weighted by atomic mass is 9.94. The number of halogens is 2. The molecule has 5 nitrogen and oxygen atoms in total. The number of rotatable bonds is 3. The number of Topliss-reactive ketones (excluding diaryl/α,β-unsaturated/α-hetero) is 1. The largest absolute Gasteiger partial charge is 0.507 e. The molecule has 3 aromatic carbocycles. The van der Waals surface area contributed by atoms with E-state index in [2.05, 4.69) is 0 Å². The topological polar surface area (TPSA) is 66.8 Å². The van der Waals surface area contributed by atoms with Gasteiger partial charge >= 0.3 is 0 Å². The number of amides is 1. The van der Waals surface area contributed by atoms with Crippen molar-refractivity contribution in [2.24, 2.45) is 0 Å². The van der Waals surface area contributed by atoms with E-state index in [1.165, 1.54) is 23.1 Å². The smallest absolute Gasteiger partial charge is 0.300 e. The Kier molecular flexibility index (Phi) is 4.94. The molecule has 1 unspecified atom stereocenters. The molecule has 5 rings (SSSR count). The predicted molar refractivity (Wildman–Crippen MR) is 118 cm³/mol. The Morgan fingerprint density at radius 1 is 1.06 bits per heavy atom. The maximum atomic E-state index is 14.9. The number of carbonyl (C=O) groups excluding carboxylic acids is 2. The van der Waals surface area contributed by atoms with Crippen LogP contribution in [0.1, 0.15) is 22.7 Å². The van der Waals surface area contributed by atoms with Crippen LogP contribution in [0.2, 0.25) is 5.02 Å². The van der Waals surface area contributed by atoms with Crippen LogP contribution >= 0.6 is 11.6 Å². The molecule has 0 aliphatic carbocycles. The van der Waals surface area contributed by atoms with Gasteiger partial charge in [-0.1, -0.05) is 29.8 Å². The quantitative estimate of drug-likeness (QED) is 0.345. The third-order valence-corrected chi connectivity index (χ3v) is 5.96. The van der Waals surface area contributed by atoms with Crippen LogP contribution < -0.4 is 9.64 Å². The van der Waals surface area contributed by atoms with Crippen LogP contribution in [0.5, 0.6) is 5.75 Å². The number of aliphatic hydroxyl groups is 1. The maximum Gasteiger partial charge on any atom is 0.300 e. The van der Waals surface area contributed by atoms with E-state index >= 15 is 0 Å². The van der Waals surface area contributed by atoms with E-state index in [0.29, 0.717) is 35.1 Å². The van der Waals surface area contributed by atoms with E-state index < -0.39 is 23.5 Å². The highest BCUT2D eigenvalue weighted by Crippen LogP contribution is 2.43. The van der Waals surface area contributed by atoms with Crippen LogP contribution in [-0.2, 0) is 16.0 Å². The fourth-order valence-electron chi connectivity index (χ4n) is 4.18. The molecule has 32 heavy (non-hydrogen) atoms. The highest BCUT2D eigenvalue weighted by molar-refractivity contribution is 6.51. The van der Waals surface area contributed by atoms with Crippen molar-refractivity contribution in [1.29, 1.82) is 0 Å². The molecular formula is C25H17ClFNO4. The molecule has 0 radical (unpaired) electrons. The minimum absolute atomic E-state index is 0.104. The van der Waals surface area contributed by atoms with Crippen molar-refractivity contribution >= 4 is 34.7 Å². The zero-order valence-corrected chi connectivity index (χ0v) is 17.5. The van der Waals surface area contributed by atoms with Crippen molar-refractivity contribution in [3.63, 3.8) is 0 Å². The number of ether oxygens (including phenoxy) is 1. The minimum atomic E-state index is -1.14. The summed E-state index contributed by atoms with van der Waals surface area (Å²) in [5.74, 6) is -1.97. The number of carbonyl (C=O) groups is 2. The van der Waals surface area contributed by atoms with Crippen molar-refractivity contribution in [1.82, 2.24) is 0 Å². The van der Waals surface area contributed by atoms with Gasteiger partial charge in [-0.2, -0.15) is 0 Å². The number of anilines is 1.